The number of nitrogens with zero attached hydrogens (tertiary/aromatic N) is 3. The molecule has 0 aliphatic heterocycles. The molecule has 0 aromatic carbocycles. The highest BCUT2D eigenvalue weighted by molar-refractivity contribution is 5.08. The Balaban J connectivity index is 2.31. The second kappa shape index (κ2) is 9.15. The van der Waals surface area contributed by atoms with Crippen molar-refractivity contribution in [1.82, 2.24) is 20.0 Å². The first-order valence-corrected chi connectivity index (χ1v) is 7.88. The minimum atomic E-state index is -4.08. The Morgan fingerprint density at radius 3 is 2.59 bits per heavy atom. The van der Waals surface area contributed by atoms with Gasteiger partial charge in [0, 0.05) is 32.7 Å². The number of rotatable bonds is 10. The number of likely N-dealkylation sites (N-methyl/N-ethyl adjacent to an activating group) is 1. The van der Waals surface area contributed by atoms with E-state index in [4.69, 9.17) is 0 Å². The van der Waals surface area contributed by atoms with Crippen LogP contribution in [0.2, 0.25) is 0 Å². The van der Waals surface area contributed by atoms with Crippen molar-refractivity contribution in [2.75, 3.05) is 26.2 Å². The third kappa shape index (κ3) is 7.26. The lowest BCUT2D eigenvalue weighted by atomic mass is 10.3. The van der Waals surface area contributed by atoms with Gasteiger partial charge in [0.1, 0.15) is 0 Å². The first kappa shape index (κ1) is 19.0. The van der Waals surface area contributed by atoms with Crippen LogP contribution in [0.15, 0.2) is 6.07 Å². The molecule has 0 aliphatic carbocycles. The number of aryl methyl sites for hydroxylation is 2. The number of halogens is 3. The molecule has 1 aromatic rings. The predicted molar refractivity (Wildman–Crippen MR) is 81.7 cm³/mol. The van der Waals surface area contributed by atoms with Crippen LogP contribution in [-0.4, -0.2) is 47.0 Å². The maximum atomic E-state index is 12.2. The molecule has 0 amide bonds. The number of alkyl halides is 3. The zero-order chi connectivity index (χ0) is 16.6. The summed E-state index contributed by atoms with van der Waals surface area (Å²) in [5, 5.41) is 7.72. The van der Waals surface area contributed by atoms with Crippen LogP contribution in [0.5, 0.6) is 0 Å². The van der Waals surface area contributed by atoms with Gasteiger partial charge in [-0.2, -0.15) is 18.3 Å². The molecule has 0 aliphatic rings. The molecule has 0 radical (unpaired) electrons. The first-order chi connectivity index (χ1) is 10.4. The normalized spacial score (nSPS) is 12.3. The van der Waals surface area contributed by atoms with Crippen molar-refractivity contribution < 1.29 is 13.2 Å². The molecule has 1 N–H and O–H groups in total. The minimum Gasteiger partial charge on any atom is -0.310 e. The van der Waals surface area contributed by atoms with Gasteiger partial charge in [-0.1, -0.05) is 13.8 Å². The lowest BCUT2D eigenvalue weighted by molar-refractivity contribution is -0.137. The third-order valence-corrected chi connectivity index (χ3v) is 3.49. The Hall–Kier alpha value is -1.08. The zero-order valence-corrected chi connectivity index (χ0v) is 13.7. The van der Waals surface area contributed by atoms with E-state index in [-0.39, 0.29) is 6.54 Å². The molecule has 0 atom stereocenters. The second-order valence-corrected chi connectivity index (χ2v) is 5.48. The first-order valence-electron chi connectivity index (χ1n) is 7.88. The standard InChI is InChI=1S/C15H27F3N4/c1-4-8-22-14(11-13(3)20-22)12-19-7-10-21(5-2)9-6-15(16,17)18/h11,19H,4-10,12H2,1-3H3. The summed E-state index contributed by atoms with van der Waals surface area (Å²) in [4.78, 5) is 1.81. The maximum absolute atomic E-state index is 12.2. The number of hydrogen-bond donors (Lipinski definition) is 1. The van der Waals surface area contributed by atoms with Crippen LogP contribution in [0.1, 0.15) is 38.1 Å². The van der Waals surface area contributed by atoms with E-state index in [0.29, 0.717) is 26.2 Å². The lowest BCUT2D eigenvalue weighted by Crippen LogP contribution is -2.34. The summed E-state index contributed by atoms with van der Waals surface area (Å²) in [6.07, 6.45) is -3.80. The molecule has 1 rings (SSSR count). The Labute approximate surface area is 130 Å². The SMILES string of the molecule is CCCn1nc(C)cc1CNCCN(CC)CCC(F)(F)F. The minimum absolute atomic E-state index is 0.0640. The van der Waals surface area contributed by atoms with Crippen molar-refractivity contribution in [3.8, 4) is 0 Å². The monoisotopic (exact) mass is 320 g/mol. The summed E-state index contributed by atoms with van der Waals surface area (Å²) < 4.78 is 38.7. The molecule has 0 bridgehead atoms. The Bertz CT molecular complexity index is 429. The fourth-order valence-corrected chi connectivity index (χ4v) is 2.31. The lowest BCUT2D eigenvalue weighted by Gasteiger charge is -2.21. The molecule has 7 heteroatoms. The van der Waals surface area contributed by atoms with Gasteiger partial charge in [0.25, 0.3) is 0 Å². The summed E-state index contributed by atoms with van der Waals surface area (Å²) in [5.74, 6) is 0. The molecule has 22 heavy (non-hydrogen) atoms. The number of aromatic nitrogens is 2. The van der Waals surface area contributed by atoms with Gasteiger partial charge in [0.2, 0.25) is 0 Å². The van der Waals surface area contributed by atoms with Gasteiger partial charge in [-0.3, -0.25) is 4.68 Å². The van der Waals surface area contributed by atoms with Crippen molar-refractivity contribution in [3.05, 3.63) is 17.5 Å². The fraction of sp³-hybridized carbons (Fsp3) is 0.800. The molecule has 128 valence electrons. The van der Waals surface area contributed by atoms with Crippen molar-refractivity contribution in [3.63, 3.8) is 0 Å². The van der Waals surface area contributed by atoms with Crippen LogP contribution in [0.4, 0.5) is 13.2 Å². The van der Waals surface area contributed by atoms with Crippen molar-refractivity contribution in [2.45, 2.75) is 52.9 Å². The topological polar surface area (TPSA) is 33.1 Å². The molecule has 0 unspecified atom stereocenters. The molecule has 0 saturated carbocycles. The van der Waals surface area contributed by atoms with E-state index >= 15 is 0 Å². The van der Waals surface area contributed by atoms with Gasteiger partial charge in [-0.05, 0) is 26.0 Å². The van der Waals surface area contributed by atoms with E-state index in [9.17, 15) is 13.2 Å². The average molecular weight is 320 g/mol. The van der Waals surface area contributed by atoms with Crippen LogP contribution in [-0.2, 0) is 13.1 Å². The van der Waals surface area contributed by atoms with E-state index in [1.54, 1.807) is 0 Å². The van der Waals surface area contributed by atoms with Crippen LogP contribution in [0, 0.1) is 6.92 Å². The van der Waals surface area contributed by atoms with E-state index in [1.807, 2.05) is 29.5 Å². The maximum Gasteiger partial charge on any atom is 0.390 e. The van der Waals surface area contributed by atoms with Crippen LogP contribution < -0.4 is 5.32 Å². The Morgan fingerprint density at radius 1 is 1.27 bits per heavy atom. The third-order valence-electron chi connectivity index (χ3n) is 3.49. The summed E-state index contributed by atoms with van der Waals surface area (Å²) in [5.41, 5.74) is 2.11. The van der Waals surface area contributed by atoms with Gasteiger partial charge in [0.05, 0.1) is 17.8 Å². The van der Waals surface area contributed by atoms with E-state index in [0.717, 1.165) is 24.4 Å². The molecular formula is C15H27F3N4. The molecule has 4 nitrogen and oxygen atoms in total. The van der Waals surface area contributed by atoms with Crippen LogP contribution >= 0.6 is 0 Å². The summed E-state index contributed by atoms with van der Waals surface area (Å²) in [6, 6.07) is 2.05. The molecular weight excluding hydrogens is 293 g/mol. The second-order valence-electron chi connectivity index (χ2n) is 5.48. The van der Waals surface area contributed by atoms with Gasteiger partial charge in [-0.15, -0.1) is 0 Å². The predicted octanol–water partition coefficient (Wildman–Crippen LogP) is 2.97. The van der Waals surface area contributed by atoms with Gasteiger partial charge >= 0.3 is 6.18 Å². The summed E-state index contributed by atoms with van der Waals surface area (Å²) in [6.45, 7) is 9.51. The van der Waals surface area contributed by atoms with Crippen molar-refractivity contribution in [1.29, 1.82) is 0 Å². The number of nitrogens with one attached hydrogen (secondary N) is 1. The molecule has 0 saturated heterocycles. The molecule has 0 spiro atoms. The summed E-state index contributed by atoms with van der Waals surface area (Å²) in [7, 11) is 0. The highest BCUT2D eigenvalue weighted by atomic mass is 19.4. The van der Waals surface area contributed by atoms with E-state index in [2.05, 4.69) is 17.3 Å². The van der Waals surface area contributed by atoms with Crippen LogP contribution in [0.25, 0.3) is 0 Å². The summed E-state index contributed by atoms with van der Waals surface area (Å²) >= 11 is 0. The average Bonchev–Trinajstić information content (AvgIpc) is 2.77. The van der Waals surface area contributed by atoms with Crippen molar-refractivity contribution in [2.24, 2.45) is 0 Å². The van der Waals surface area contributed by atoms with Gasteiger partial charge in [-0.25, -0.2) is 0 Å². The molecule has 0 fully saturated rings. The number of hydrogen-bond acceptors (Lipinski definition) is 3. The highest BCUT2D eigenvalue weighted by Crippen LogP contribution is 2.19. The van der Waals surface area contributed by atoms with Crippen LogP contribution in [0.3, 0.4) is 0 Å². The molecule has 1 heterocycles. The Kier molecular flexibility index (Phi) is 7.89. The smallest absolute Gasteiger partial charge is 0.310 e. The van der Waals surface area contributed by atoms with Gasteiger partial charge < -0.3 is 10.2 Å². The Morgan fingerprint density at radius 2 is 2.00 bits per heavy atom. The van der Waals surface area contributed by atoms with E-state index < -0.39 is 12.6 Å². The fourth-order valence-electron chi connectivity index (χ4n) is 2.31. The molecule has 1 aromatic heterocycles. The van der Waals surface area contributed by atoms with Gasteiger partial charge in [0.15, 0.2) is 0 Å². The zero-order valence-electron chi connectivity index (χ0n) is 13.7. The quantitative estimate of drug-likeness (QED) is 0.673. The van der Waals surface area contributed by atoms with Crippen molar-refractivity contribution >= 4 is 0 Å². The van der Waals surface area contributed by atoms with E-state index in [1.165, 1.54) is 0 Å². The largest absolute Gasteiger partial charge is 0.390 e. The highest BCUT2D eigenvalue weighted by Gasteiger charge is 2.27.